The number of allylic oxidation sites excluding steroid dienone is 4. The molecule has 0 bridgehead atoms. The zero-order chi connectivity index (χ0) is 11.8. The van der Waals surface area contributed by atoms with Gasteiger partial charge in [0.15, 0.2) is 0 Å². The normalized spacial score (nSPS) is 11.4. The van der Waals surface area contributed by atoms with E-state index in [2.05, 4.69) is 56.0 Å². The molecule has 1 aromatic rings. The largest absolute Gasteiger partial charge is 0.0991 e. The Hall–Kier alpha value is -1.39. The van der Waals surface area contributed by atoms with Crippen molar-refractivity contribution in [2.75, 3.05) is 0 Å². The highest BCUT2D eigenvalue weighted by molar-refractivity contribution is 7.71. The lowest BCUT2D eigenvalue weighted by Crippen LogP contribution is -2.01. The molecule has 0 radical (unpaired) electrons. The highest BCUT2D eigenvalue weighted by Gasteiger charge is 2.05. The van der Waals surface area contributed by atoms with Crippen molar-refractivity contribution in [3.05, 3.63) is 78.9 Å². The summed E-state index contributed by atoms with van der Waals surface area (Å²) in [6, 6.07) is 8.48. The van der Waals surface area contributed by atoms with Gasteiger partial charge < -0.3 is 0 Å². The first-order chi connectivity index (χ1) is 7.79. The molecule has 0 nitrogen and oxygen atoms in total. The number of hydrogen-bond donors (Lipinski definition) is 0. The van der Waals surface area contributed by atoms with Crippen molar-refractivity contribution < 1.29 is 0 Å². The van der Waals surface area contributed by atoms with E-state index in [1.165, 1.54) is 10.9 Å². The molecule has 0 aromatic heterocycles. The lowest BCUT2D eigenvalue weighted by molar-refractivity contribution is 1.52. The lowest BCUT2D eigenvalue weighted by Gasteiger charge is -2.11. The van der Waals surface area contributed by atoms with Crippen molar-refractivity contribution in [2.45, 2.75) is 6.92 Å². The highest BCUT2D eigenvalue weighted by atomic mass is 31.1. The van der Waals surface area contributed by atoms with Crippen LogP contribution in [-0.2, 0) is 0 Å². The van der Waals surface area contributed by atoms with Crippen LogP contribution in [0.3, 0.4) is 0 Å². The van der Waals surface area contributed by atoms with Gasteiger partial charge in [0.05, 0.1) is 0 Å². The maximum Gasteiger partial charge on any atom is -0.0133 e. The first-order valence-electron chi connectivity index (χ1n) is 5.22. The number of aryl methyl sites for hydroxylation is 1. The molecule has 1 aromatic carbocycles. The second kappa shape index (κ2) is 6.98. The van der Waals surface area contributed by atoms with Crippen molar-refractivity contribution in [1.29, 1.82) is 0 Å². The smallest absolute Gasteiger partial charge is 0.0133 e. The molecule has 0 unspecified atom stereocenters. The van der Waals surface area contributed by atoms with Gasteiger partial charge >= 0.3 is 0 Å². The Morgan fingerprint density at radius 2 is 1.56 bits per heavy atom. The number of hydrogen-bond acceptors (Lipinski definition) is 0. The SMILES string of the molecule is C=C/C=C/P(/C=C/C=C)c1ccccc1C. The summed E-state index contributed by atoms with van der Waals surface area (Å²) in [5.41, 5.74) is 1.33. The van der Waals surface area contributed by atoms with E-state index < -0.39 is 7.92 Å². The van der Waals surface area contributed by atoms with Gasteiger partial charge in [-0.1, -0.05) is 73.4 Å². The highest BCUT2D eigenvalue weighted by Crippen LogP contribution is 2.38. The molecule has 1 heteroatoms. The van der Waals surface area contributed by atoms with Gasteiger partial charge in [0.2, 0.25) is 0 Å². The maximum absolute atomic E-state index is 3.71. The van der Waals surface area contributed by atoms with Gasteiger partial charge in [-0.3, -0.25) is 0 Å². The topological polar surface area (TPSA) is 0 Å². The zero-order valence-electron chi connectivity index (χ0n) is 9.63. The van der Waals surface area contributed by atoms with Crippen LogP contribution in [-0.4, -0.2) is 0 Å². The average Bonchev–Trinajstić information content (AvgIpc) is 2.31. The predicted octanol–water partition coefficient (Wildman–Crippen LogP) is 4.50. The Morgan fingerprint density at radius 1 is 1.00 bits per heavy atom. The zero-order valence-corrected chi connectivity index (χ0v) is 10.5. The van der Waals surface area contributed by atoms with E-state index in [1.807, 2.05) is 24.3 Å². The minimum Gasteiger partial charge on any atom is -0.0991 e. The third kappa shape index (κ3) is 3.64. The van der Waals surface area contributed by atoms with Gasteiger partial charge in [0, 0.05) is 0 Å². The molecule has 82 valence electrons. The van der Waals surface area contributed by atoms with Crippen LogP contribution in [0.4, 0.5) is 0 Å². The van der Waals surface area contributed by atoms with Crippen LogP contribution in [0.5, 0.6) is 0 Å². The molecule has 0 heterocycles. The number of benzene rings is 1. The predicted molar refractivity (Wildman–Crippen MR) is 76.4 cm³/mol. The molecular weight excluding hydrogens is 211 g/mol. The summed E-state index contributed by atoms with van der Waals surface area (Å²) in [5, 5.41) is 1.38. The van der Waals surface area contributed by atoms with Gasteiger partial charge in [-0.15, -0.1) is 0 Å². The second-order valence-corrected chi connectivity index (χ2v) is 5.24. The monoisotopic (exact) mass is 228 g/mol. The van der Waals surface area contributed by atoms with Crippen molar-refractivity contribution in [1.82, 2.24) is 0 Å². The number of rotatable bonds is 5. The van der Waals surface area contributed by atoms with Gasteiger partial charge in [0.1, 0.15) is 0 Å². The second-order valence-electron chi connectivity index (χ2n) is 3.35. The third-order valence-corrected chi connectivity index (χ3v) is 4.20. The Kier molecular flexibility index (Phi) is 5.53. The first-order valence-corrected chi connectivity index (χ1v) is 6.70. The molecule has 0 saturated carbocycles. The van der Waals surface area contributed by atoms with Crippen LogP contribution >= 0.6 is 7.92 Å². The molecule has 0 N–H and O–H groups in total. The maximum atomic E-state index is 3.71. The van der Waals surface area contributed by atoms with Crippen LogP contribution in [0.25, 0.3) is 0 Å². The van der Waals surface area contributed by atoms with E-state index in [4.69, 9.17) is 0 Å². The fourth-order valence-electron chi connectivity index (χ4n) is 1.37. The van der Waals surface area contributed by atoms with E-state index in [0.29, 0.717) is 0 Å². The molecule has 16 heavy (non-hydrogen) atoms. The van der Waals surface area contributed by atoms with Crippen molar-refractivity contribution in [2.24, 2.45) is 0 Å². The summed E-state index contributed by atoms with van der Waals surface area (Å²) >= 11 is 0. The molecule has 0 spiro atoms. The molecule has 0 fully saturated rings. The standard InChI is InChI=1S/C15H17P/c1-4-6-12-16(13-7-5-2)15-11-9-8-10-14(15)3/h4-13H,1-2H2,3H3/b12-6+,13-7+. The fourth-order valence-corrected chi connectivity index (χ4v) is 3.15. The van der Waals surface area contributed by atoms with E-state index in [-0.39, 0.29) is 0 Å². The van der Waals surface area contributed by atoms with Crippen LogP contribution in [0.15, 0.2) is 73.4 Å². The molecule has 0 amide bonds. The molecular formula is C15H17P. The molecule has 0 aliphatic rings. The Labute approximate surface area is 99.5 Å². The Morgan fingerprint density at radius 3 is 2.06 bits per heavy atom. The van der Waals surface area contributed by atoms with Crippen LogP contribution in [0.1, 0.15) is 5.56 Å². The lowest BCUT2D eigenvalue weighted by atomic mass is 10.2. The summed E-state index contributed by atoms with van der Waals surface area (Å²) in [4.78, 5) is 0. The van der Waals surface area contributed by atoms with E-state index in [0.717, 1.165) is 0 Å². The van der Waals surface area contributed by atoms with E-state index in [1.54, 1.807) is 0 Å². The Bertz CT molecular complexity index is 395. The summed E-state index contributed by atoms with van der Waals surface area (Å²) in [6.45, 7) is 9.56. The molecule has 1 rings (SSSR count). The van der Waals surface area contributed by atoms with E-state index >= 15 is 0 Å². The quantitative estimate of drug-likeness (QED) is 0.514. The molecule has 0 saturated heterocycles. The minimum absolute atomic E-state index is 0.392. The average molecular weight is 228 g/mol. The van der Waals surface area contributed by atoms with Gasteiger partial charge in [-0.25, -0.2) is 0 Å². The van der Waals surface area contributed by atoms with Crippen LogP contribution in [0.2, 0.25) is 0 Å². The molecule has 0 aliphatic heterocycles. The van der Waals surface area contributed by atoms with Gasteiger partial charge in [-0.05, 0) is 25.7 Å². The van der Waals surface area contributed by atoms with E-state index in [9.17, 15) is 0 Å². The van der Waals surface area contributed by atoms with Crippen molar-refractivity contribution >= 4 is 13.2 Å². The summed E-state index contributed by atoms with van der Waals surface area (Å²) < 4.78 is 0. The van der Waals surface area contributed by atoms with Gasteiger partial charge in [-0.2, -0.15) is 0 Å². The van der Waals surface area contributed by atoms with Crippen molar-refractivity contribution in [3.8, 4) is 0 Å². The summed E-state index contributed by atoms with van der Waals surface area (Å²) in [7, 11) is -0.392. The first kappa shape index (κ1) is 12.7. The minimum atomic E-state index is -0.392. The molecule has 0 atom stereocenters. The fraction of sp³-hybridized carbons (Fsp3) is 0.0667. The molecule has 0 aliphatic carbocycles. The van der Waals surface area contributed by atoms with Crippen LogP contribution < -0.4 is 5.30 Å². The summed E-state index contributed by atoms with van der Waals surface area (Å²) in [5.74, 6) is 4.40. The van der Waals surface area contributed by atoms with Crippen LogP contribution in [0, 0.1) is 6.92 Å². The van der Waals surface area contributed by atoms with Gasteiger partial charge in [0.25, 0.3) is 0 Å². The summed E-state index contributed by atoms with van der Waals surface area (Å²) in [6.07, 6.45) is 7.64. The van der Waals surface area contributed by atoms with Crippen molar-refractivity contribution in [3.63, 3.8) is 0 Å². The Balaban J connectivity index is 3.05. The third-order valence-electron chi connectivity index (χ3n) is 2.16.